The van der Waals surface area contributed by atoms with Crippen molar-refractivity contribution in [3.63, 3.8) is 0 Å². The summed E-state index contributed by atoms with van der Waals surface area (Å²) in [5.41, 5.74) is 6.51. The van der Waals surface area contributed by atoms with Gasteiger partial charge in [-0.1, -0.05) is 0 Å². The number of methoxy groups -OCH3 is 1. The first-order valence-corrected chi connectivity index (χ1v) is 6.84. The van der Waals surface area contributed by atoms with E-state index in [9.17, 15) is 4.79 Å². The van der Waals surface area contributed by atoms with Crippen LogP contribution in [-0.4, -0.2) is 36.5 Å². The first kappa shape index (κ1) is 13.9. The van der Waals surface area contributed by atoms with Gasteiger partial charge in [0, 0.05) is 24.2 Å². The van der Waals surface area contributed by atoms with E-state index in [1.54, 1.807) is 7.11 Å². The Kier molecular flexibility index (Phi) is 4.43. The Hall–Kier alpha value is -1.55. The van der Waals surface area contributed by atoms with Gasteiger partial charge in [-0.2, -0.15) is 0 Å². The van der Waals surface area contributed by atoms with Crippen LogP contribution in [0.1, 0.15) is 36.5 Å². The van der Waals surface area contributed by atoms with Gasteiger partial charge >= 0.3 is 0 Å². The largest absolute Gasteiger partial charge is 0.497 e. The van der Waals surface area contributed by atoms with E-state index in [1.807, 2.05) is 29.2 Å². The number of carbonyl (C=O) groups excluding carboxylic acids is 1. The number of likely N-dealkylation sites (tertiary alicyclic amines) is 1. The zero-order valence-corrected chi connectivity index (χ0v) is 11.6. The highest BCUT2D eigenvalue weighted by Crippen LogP contribution is 2.25. The summed E-state index contributed by atoms with van der Waals surface area (Å²) in [5.74, 6) is 0.837. The van der Waals surface area contributed by atoms with E-state index in [0.29, 0.717) is 12.1 Å². The van der Waals surface area contributed by atoms with Crippen molar-refractivity contribution in [1.82, 2.24) is 4.90 Å². The van der Waals surface area contributed by atoms with Crippen molar-refractivity contribution in [1.29, 1.82) is 0 Å². The smallest absolute Gasteiger partial charge is 0.254 e. The first-order valence-electron chi connectivity index (χ1n) is 6.84. The quantitative estimate of drug-likeness (QED) is 0.907. The van der Waals surface area contributed by atoms with E-state index in [-0.39, 0.29) is 18.0 Å². The third kappa shape index (κ3) is 2.89. The van der Waals surface area contributed by atoms with E-state index in [0.717, 1.165) is 25.0 Å². The molecular formula is C15H22N2O2. The monoisotopic (exact) mass is 262 g/mol. The van der Waals surface area contributed by atoms with Gasteiger partial charge in [0.1, 0.15) is 5.75 Å². The molecule has 2 unspecified atom stereocenters. The third-order valence-corrected chi connectivity index (χ3v) is 3.87. The van der Waals surface area contributed by atoms with Gasteiger partial charge in [-0.05, 0) is 50.5 Å². The fourth-order valence-corrected chi connectivity index (χ4v) is 2.77. The zero-order valence-electron chi connectivity index (χ0n) is 11.6. The molecule has 4 heteroatoms. The van der Waals surface area contributed by atoms with E-state index >= 15 is 0 Å². The summed E-state index contributed by atoms with van der Waals surface area (Å²) in [5, 5.41) is 0. The molecule has 1 aromatic rings. The predicted molar refractivity (Wildman–Crippen MR) is 75.3 cm³/mol. The molecule has 2 N–H and O–H groups in total. The van der Waals surface area contributed by atoms with E-state index in [1.165, 1.54) is 0 Å². The number of rotatable bonds is 3. The lowest BCUT2D eigenvalue weighted by molar-refractivity contribution is 0.0494. The van der Waals surface area contributed by atoms with Gasteiger partial charge in [0.15, 0.2) is 0 Å². The number of amides is 1. The van der Waals surface area contributed by atoms with Crippen molar-refractivity contribution in [2.24, 2.45) is 5.73 Å². The second kappa shape index (κ2) is 6.06. The van der Waals surface area contributed by atoms with Crippen LogP contribution in [0.4, 0.5) is 0 Å². The van der Waals surface area contributed by atoms with Crippen LogP contribution in [0.5, 0.6) is 5.75 Å². The molecule has 2 rings (SSSR count). The summed E-state index contributed by atoms with van der Waals surface area (Å²) in [6.45, 7) is 2.63. The van der Waals surface area contributed by atoms with Crippen molar-refractivity contribution < 1.29 is 9.53 Å². The minimum Gasteiger partial charge on any atom is -0.497 e. The average Bonchev–Trinajstić information content (AvgIpc) is 2.46. The Bertz CT molecular complexity index is 430. The van der Waals surface area contributed by atoms with E-state index < -0.39 is 0 Å². The fraction of sp³-hybridized carbons (Fsp3) is 0.533. The molecule has 4 nitrogen and oxygen atoms in total. The van der Waals surface area contributed by atoms with Crippen molar-refractivity contribution in [2.75, 3.05) is 13.7 Å². The Labute approximate surface area is 114 Å². The van der Waals surface area contributed by atoms with Gasteiger partial charge in [-0.25, -0.2) is 0 Å². The topological polar surface area (TPSA) is 55.6 Å². The van der Waals surface area contributed by atoms with Crippen molar-refractivity contribution in [2.45, 2.75) is 38.3 Å². The Morgan fingerprint density at radius 1 is 1.37 bits per heavy atom. The first-order chi connectivity index (χ1) is 9.17. The maximum atomic E-state index is 12.6. The average molecular weight is 262 g/mol. The molecule has 1 heterocycles. The van der Waals surface area contributed by atoms with Crippen LogP contribution in [0.3, 0.4) is 0 Å². The lowest BCUT2D eigenvalue weighted by Crippen LogP contribution is -2.51. The molecule has 0 aromatic heterocycles. The molecule has 0 aliphatic carbocycles. The van der Waals surface area contributed by atoms with Crippen LogP contribution in [-0.2, 0) is 0 Å². The Morgan fingerprint density at radius 3 is 2.63 bits per heavy atom. The van der Waals surface area contributed by atoms with Crippen LogP contribution in [0.25, 0.3) is 0 Å². The highest BCUT2D eigenvalue weighted by atomic mass is 16.5. The Balaban J connectivity index is 2.20. The molecule has 1 aromatic carbocycles. The summed E-state index contributed by atoms with van der Waals surface area (Å²) >= 11 is 0. The molecule has 0 saturated carbocycles. The number of ether oxygens (including phenoxy) is 1. The van der Waals surface area contributed by atoms with Gasteiger partial charge in [-0.3, -0.25) is 4.79 Å². The maximum Gasteiger partial charge on any atom is 0.254 e. The van der Waals surface area contributed by atoms with Crippen molar-refractivity contribution >= 4 is 5.91 Å². The standard InChI is InChI=1S/C15H22N2O2/c1-11-4-3-5-13(10-16)17(11)15(18)12-6-8-14(19-2)9-7-12/h6-9,11,13H,3-5,10,16H2,1-2H3. The number of benzene rings is 1. The van der Waals surface area contributed by atoms with Gasteiger partial charge in [0.2, 0.25) is 0 Å². The minimum absolute atomic E-state index is 0.0744. The molecule has 2 atom stereocenters. The van der Waals surface area contributed by atoms with Crippen LogP contribution >= 0.6 is 0 Å². The number of carbonyl (C=O) groups is 1. The highest BCUT2D eigenvalue weighted by Gasteiger charge is 2.31. The van der Waals surface area contributed by atoms with Crippen LogP contribution < -0.4 is 10.5 Å². The number of hydrogen-bond donors (Lipinski definition) is 1. The molecule has 0 spiro atoms. The molecule has 1 aliphatic heterocycles. The summed E-state index contributed by atoms with van der Waals surface area (Å²) in [4.78, 5) is 14.6. The van der Waals surface area contributed by atoms with Gasteiger partial charge in [0.05, 0.1) is 7.11 Å². The van der Waals surface area contributed by atoms with Gasteiger partial charge in [-0.15, -0.1) is 0 Å². The van der Waals surface area contributed by atoms with Crippen LogP contribution in [0.15, 0.2) is 24.3 Å². The molecular weight excluding hydrogens is 240 g/mol. The molecule has 1 amide bonds. The zero-order chi connectivity index (χ0) is 13.8. The SMILES string of the molecule is COc1ccc(C(=O)N2C(C)CCCC2CN)cc1. The second-order valence-corrected chi connectivity index (χ2v) is 5.11. The fourth-order valence-electron chi connectivity index (χ4n) is 2.77. The normalized spacial score (nSPS) is 23.2. The number of nitrogens with zero attached hydrogens (tertiary/aromatic N) is 1. The van der Waals surface area contributed by atoms with Crippen molar-refractivity contribution in [3.8, 4) is 5.75 Å². The van der Waals surface area contributed by atoms with E-state index in [4.69, 9.17) is 10.5 Å². The summed E-state index contributed by atoms with van der Waals surface area (Å²) in [7, 11) is 1.62. The number of piperidine rings is 1. The molecule has 1 saturated heterocycles. The van der Waals surface area contributed by atoms with E-state index in [2.05, 4.69) is 6.92 Å². The van der Waals surface area contributed by atoms with Crippen LogP contribution in [0, 0.1) is 0 Å². The molecule has 0 bridgehead atoms. The molecule has 0 radical (unpaired) electrons. The molecule has 1 aliphatic rings. The molecule has 104 valence electrons. The third-order valence-electron chi connectivity index (χ3n) is 3.87. The molecule has 19 heavy (non-hydrogen) atoms. The number of hydrogen-bond acceptors (Lipinski definition) is 3. The number of nitrogens with two attached hydrogens (primary N) is 1. The van der Waals surface area contributed by atoms with Gasteiger partial charge < -0.3 is 15.4 Å². The minimum atomic E-state index is 0.0744. The molecule has 1 fully saturated rings. The van der Waals surface area contributed by atoms with Gasteiger partial charge in [0.25, 0.3) is 5.91 Å². The lowest BCUT2D eigenvalue weighted by atomic mass is 9.95. The summed E-state index contributed by atoms with van der Waals surface area (Å²) < 4.78 is 5.11. The highest BCUT2D eigenvalue weighted by molar-refractivity contribution is 5.94. The summed E-state index contributed by atoms with van der Waals surface area (Å²) in [6, 6.07) is 7.69. The predicted octanol–water partition coefficient (Wildman–Crippen LogP) is 2.04. The Morgan fingerprint density at radius 2 is 2.05 bits per heavy atom. The second-order valence-electron chi connectivity index (χ2n) is 5.11. The van der Waals surface area contributed by atoms with Crippen LogP contribution in [0.2, 0.25) is 0 Å². The van der Waals surface area contributed by atoms with Crippen molar-refractivity contribution in [3.05, 3.63) is 29.8 Å². The maximum absolute atomic E-state index is 12.6. The lowest BCUT2D eigenvalue weighted by Gasteiger charge is -2.40. The summed E-state index contributed by atoms with van der Waals surface area (Å²) in [6.07, 6.45) is 3.20.